The van der Waals surface area contributed by atoms with Crippen LogP contribution in [0.15, 0.2) is 23.3 Å². The Morgan fingerprint density at radius 2 is 2.11 bits per heavy atom. The molecule has 0 fully saturated rings. The third-order valence-electron chi connectivity index (χ3n) is 1.70. The molecule has 0 bridgehead atoms. The number of hydrogen-bond acceptors (Lipinski definition) is 0. The van der Waals surface area contributed by atoms with E-state index >= 15 is 0 Å². The number of allylic oxidation sites excluding steroid dienone is 4. The molecule has 50 valence electrons. The van der Waals surface area contributed by atoms with E-state index in [4.69, 9.17) is 0 Å². The molecule has 1 atom stereocenters. The minimum Gasteiger partial charge on any atom is -0.243 e. The SMILES string of the molecule is CC1=CCC(F)C=C1C. The molecule has 0 saturated carbocycles. The van der Waals surface area contributed by atoms with Crippen LogP contribution in [0, 0.1) is 0 Å². The quantitative estimate of drug-likeness (QED) is 0.468. The van der Waals surface area contributed by atoms with Gasteiger partial charge >= 0.3 is 0 Å². The van der Waals surface area contributed by atoms with Gasteiger partial charge in [0.2, 0.25) is 0 Å². The Hall–Kier alpha value is -0.590. The molecular formula is C8H11F. The summed E-state index contributed by atoms with van der Waals surface area (Å²) in [5.74, 6) is 0. The molecule has 0 heterocycles. The molecule has 0 spiro atoms. The normalized spacial score (nSPS) is 27.2. The van der Waals surface area contributed by atoms with E-state index in [0.717, 1.165) is 5.57 Å². The summed E-state index contributed by atoms with van der Waals surface area (Å²) >= 11 is 0. The number of halogens is 1. The lowest BCUT2D eigenvalue weighted by Crippen LogP contribution is -2.00. The maximum atomic E-state index is 12.5. The largest absolute Gasteiger partial charge is 0.243 e. The monoisotopic (exact) mass is 126 g/mol. The summed E-state index contributed by atoms with van der Waals surface area (Å²) in [6.45, 7) is 3.95. The van der Waals surface area contributed by atoms with Crippen molar-refractivity contribution in [2.75, 3.05) is 0 Å². The Labute approximate surface area is 55.1 Å². The van der Waals surface area contributed by atoms with E-state index in [1.165, 1.54) is 5.57 Å². The summed E-state index contributed by atoms with van der Waals surface area (Å²) in [6.07, 6.45) is 3.44. The highest BCUT2D eigenvalue weighted by Gasteiger charge is 2.07. The second-order valence-electron chi connectivity index (χ2n) is 2.49. The van der Waals surface area contributed by atoms with Crippen LogP contribution in [-0.2, 0) is 0 Å². The molecule has 1 heteroatoms. The van der Waals surface area contributed by atoms with Crippen molar-refractivity contribution in [2.24, 2.45) is 0 Å². The van der Waals surface area contributed by atoms with Crippen LogP contribution in [-0.4, -0.2) is 6.17 Å². The first-order chi connectivity index (χ1) is 4.20. The Bertz CT molecular complexity index is 165. The van der Waals surface area contributed by atoms with Crippen molar-refractivity contribution < 1.29 is 4.39 Å². The van der Waals surface area contributed by atoms with Crippen LogP contribution in [0.25, 0.3) is 0 Å². The fourth-order valence-corrected chi connectivity index (χ4v) is 0.921. The van der Waals surface area contributed by atoms with Gasteiger partial charge in [-0.05, 0) is 25.5 Å². The smallest absolute Gasteiger partial charge is 0.122 e. The van der Waals surface area contributed by atoms with Crippen molar-refractivity contribution in [3.63, 3.8) is 0 Å². The van der Waals surface area contributed by atoms with Crippen molar-refractivity contribution in [1.82, 2.24) is 0 Å². The topological polar surface area (TPSA) is 0 Å². The van der Waals surface area contributed by atoms with Gasteiger partial charge in [0.05, 0.1) is 0 Å². The van der Waals surface area contributed by atoms with Gasteiger partial charge in [-0.1, -0.05) is 11.6 Å². The highest BCUT2D eigenvalue weighted by Crippen LogP contribution is 2.18. The summed E-state index contributed by atoms with van der Waals surface area (Å²) in [6, 6.07) is 0. The van der Waals surface area contributed by atoms with Gasteiger partial charge in [-0.25, -0.2) is 4.39 Å². The summed E-state index contributed by atoms with van der Waals surface area (Å²) in [7, 11) is 0. The first kappa shape index (κ1) is 6.53. The van der Waals surface area contributed by atoms with Gasteiger partial charge in [0.1, 0.15) is 6.17 Å². The number of hydrogen-bond donors (Lipinski definition) is 0. The van der Waals surface area contributed by atoms with E-state index in [2.05, 4.69) is 0 Å². The molecule has 0 aliphatic heterocycles. The van der Waals surface area contributed by atoms with E-state index in [0.29, 0.717) is 6.42 Å². The lowest BCUT2D eigenvalue weighted by molar-refractivity contribution is 0.398. The van der Waals surface area contributed by atoms with Crippen molar-refractivity contribution in [3.05, 3.63) is 23.3 Å². The predicted octanol–water partition coefficient (Wildman–Crippen LogP) is 2.62. The summed E-state index contributed by atoms with van der Waals surface area (Å²) in [5.41, 5.74) is 2.29. The fraction of sp³-hybridized carbons (Fsp3) is 0.500. The molecule has 9 heavy (non-hydrogen) atoms. The molecule has 0 amide bonds. The van der Waals surface area contributed by atoms with Gasteiger partial charge in [0.15, 0.2) is 0 Å². The second-order valence-corrected chi connectivity index (χ2v) is 2.49. The zero-order chi connectivity index (χ0) is 6.85. The molecule has 1 rings (SSSR count). The maximum absolute atomic E-state index is 12.5. The Morgan fingerprint density at radius 1 is 1.44 bits per heavy atom. The summed E-state index contributed by atoms with van der Waals surface area (Å²) in [4.78, 5) is 0. The first-order valence-corrected chi connectivity index (χ1v) is 3.20. The van der Waals surface area contributed by atoms with Crippen LogP contribution >= 0.6 is 0 Å². The zero-order valence-corrected chi connectivity index (χ0v) is 5.82. The Kier molecular flexibility index (Phi) is 1.70. The molecule has 0 nitrogen and oxygen atoms in total. The van der Waals surface area contributed by atoms with Gasteiger partial charge in [-0.2, -0.15) is 0 Å². The Balaban J connectivity index is 2.75. The van der Waals surface area contributed by atoms with Crippen LogP contribution in [0.1, 0.15) is 20.3 Å². The van der Waals surface area contributed by atoms with Crippen LogP contribution in [0.5, 0.6) is 0 Å². The third-order valence-corrected chi connectivity index (χ3v) is 1.70. The van der Waals surface area contributed by atoms with Gasteiger partial charge in [-0.3, -0.25) is 0 Å². The van der Waals surface area contributed by atoms with Crippen molar-refractivity contribution in [2.45, 2.75) is 26.4 Å². The van der Waals surface area contributed by atoms with Crippen LogP contribution in [0.4, 0.5) is 4.39 Å². The van der Waals surface area contributed by atoms with Gasteiger partial charge in [0, 0.05) is 6.42 Å². The van der Waals surface area contributed by atoms with Crippen LogP contribution in [0.3, 0.4) is 0 Å². The molecule has 1 aliphatic rings. The minimum absolute atomic E-state index is 0.559. The zero-order valence-electron chi connectivity index (χ0n) is 5.82. The Morgan fingerprint density at radius 3 is 2.56 bits per heavy atom. The maximum Gasteiger partial charge on any atom is 0.122 e. The molecule has 0 radical (unpaired) electrons. The predicted molar refractivity (Wildman–Crippen MR) is 37.0 cm³/mol. The van der Waals surface area contributed by atoms with Gasteiger partial charge < -0.3 is 0 Å². The fourth-order valence-electron chi connectivity index (χ4n) is 0.921. The molecule has 1 aliphatic carbocycles. The number of alkyl halides is 1. The number of rotatable bonds is 0. The minimum atomic E-state index is -0.742. The lowest BCUT2D eigenvalue weighted by atomic mass is 10.00. The van der Waals surface area contributed by atoms with Crippen LogP contribution < -0.4 is 0 Å². The first-order valence-electron chi connectivity index (χ1n) is 3.20. The highest BCUT2D eigenvalue weighted by molar-refractivity contribution is 5.31. The second kappa shape index (κ2) is 2.34. The van der Waals surface area contributed by atoms with Gasteiger partial charge in [-0.15, -0.1) is 0 Å². The van der Waals surface area contributed by atoms with E-state index in [1.807, 2.05) is 19.9 Å². The summed E-state index contributed by atoms with van der Waals surface area (Å²) < 4.78 is 12.5. The van der Waals surface area contributed by atoms with Crippen molar-refractivity contribution >= 4 is 0 Å². The summed E-state index contributed by atoms with van der Waals surface area (Å²) in [5, 5.41) is 0. The molecule has 0 N–H and O–H groups in total. The van der Waals surface area contributed by atoms with E-state index < -0.39 is 6.17 Å². The van der Waals surface area contributed by atoms with E-state index in [9.17, 15) is 4.39 Å². The third kappa shape index (κ3) is 1.41. The van der Waals surface area contributed by atoms with Gasteiger partial charge in [0.25, 0.3) is 0 Å². The average Bonchev–Trinajstić information content (AvgIpc) is 1.80. The molecular weight excluding hydrogens is 115 g/mol. The standard InChI is InChI=1S/C8H11F/c1-6-3-4-8(9)5-7(6)2/h3,5,8H,4H2,1-2H3. The molecule has 0 aromatic rings. The highest BCUT2D eigenvalue weighted by atomic mass is 19.1. The average molecular weight is 126 g/mol. The lowest BCUT2D eigenvalue weighted by Gasteiger charge is -2.10. The van der Waals surface area contributed by atoms with Crippen LogP contribution in [0.2, 0.25) is 0 Å². The molecule has 0 saturated heterocycles. The van der Waals surface area contributed by atoms with Crippen molar-refractivity contribution in [3.8, 4) is 0 Å². The van der Waals surface area contributed by atoms with Crippen molar-refractivity contribution in [1.29, 1.82) is 0 Å². The molecule has 1 unspecified atom stereocenters. The molecule has 0 aromatic carbocycles. The van der Waals surface area contributed by atoms with E-state index in [1.54, 1.807) is 6.08 Å². The van der Waals surface area contributed by atoms with E-state index in [-0.39, 0.29) is 0 Å². The molecule has 0 aromatic heterocycles.